The molecule has 0 amide bonds. The largest absolute Gasteiger partial charge is 0.378 e. The highest BCUT2D eigenvalue weighted by Crippen LogP contribution is 2.26. The molecule has 0 spiro atoms. The Morgan fingerprint density at radius 3 is 2.43 bits per heavy atom. The molecule has 2 rings (SSSR count). The van der Waals surface area contributed by atoms with Gasteiger partial charge in [0.1, 0.15) is 5.82 Å². The van der Waals surface area contributed by atoms with E-state index in [-0.39, 0.29) is 11.9 Å². The average molecular weight is 282 g/mol. The van der Waals surface area contributed by atoms with E-state index in [1.165, 1.54) is 17.2 Å². The molecule has 1 unspecified atom stereocenters. The molecule has 1 atom stereocenters. The van der Waals surface area contributed by atoms with Crippen LogP contribution < -0.4 is 5.32 Å². The van der Waals surface area contributed by atoms with Gasteiger partial charge in [-0.2, -0.15) is 5.26 Å². The SMILES string of the molecule is Cc1ccc(C(C)Nc2cc(C#N)cc(F)c2C)cc1C. The Balaban J connectivity index is 2.31. The van der Waals surface area contributed by atoms with E-state index in [1.807, 2.05) is 13.0 Å². The van der Waals surface area contributed by atoms with Gasteiger partial charge in [-0.25, -0.2) is 4.39 Å². The van der Waals surface area contributed by atoms with Gasteiger partial charge in [0, 0.05) is 17.3 Å². The standard InChI is InChI=1S/C18H19FN2/c1-11-5-6-16(7-12(11)2)14(4)21-18-9-15(10-20)8-17(19)13(18)3/h5-9,14,21H,1-4H3. The van der Waals surface area contributed by atoms with E-state index in [0.29, 0.717) is 16.8 Å². The number of nitrogens with zero attached hydrogens (tertiary/aromatic N) is 1. The molecule has 0 fully saturated rings. The molecule has 2 aromatic carbocycles. The highest BCUT2D eigenvalue weighted by atomic mass is 19.1. The van der Waals surface area contributed by atoms with E-state index >= 15 is 0 Å². The second-order valence-corrected chi connectivity index (χ2v) is 5.45. The van der Waals surface area contributed by atoms with E-state index < -0.39 is 0 Å². The van der Waals surface area contributed by atoms with Crippen LogP contribution in [0.1, 0.15) is 40.8 Å². The summed E-state index contributed by atoms with van der Waals surface area (Å²) in [5, 5.41) is 12.2. The lowest BCUT2D eigenvalue weighted by Gasteiger charge is -2.19. The molecule has 2 nitrogen and oxygen atoms in total. The Labute approximate surface area is 125 Å². The maximum absolute atomic E-state index is 13.8. The highest BCUT2D eigenvalue weighted by molar-refractivity contribution is 5.57. The van der Waals surface area contributed by atoms with Gasteiger partial charge < -0.3 is 5.32 Å². The van der Waals surface area contributed by atoms with Crippen LogP contribution in [0, 0.1) is 37.9 Å². The van der Waals surface area contributed by atoms with Gasteiger partial charge in [-0.3, -0.25) is 0 Å². The molecule has 0 aliphatic carbocycles. The minimum Gasteiger partial charge on any atom is -0.378 e. The molecule has 0 aliphatic heterocycles. The zero-order valence-corrected chi connectivity index (χ0v) is 12.8. The number of aryl methyl sites for hydroxylation is 2. The van der Waals surface area contributed by atoms with Gasteiger partial charge in [0.2, 0.25) is 0 Å². The molecule has 2 aromatic rings. The molecule has 0 bridgehead atoms. The Morgan fingerprint density at radius 1 is 1.10 bits per heavy atom. The molecule has 0 heterocycles. The Kier molecular flexibility index (Phi) is 4.28. The van der Waals surface area contributed by atoms with Crippen molar-refractivity contribution >= 4 is 5.69 Å². The average Bonchev–Trinajstić information content (AvgIpc) is 2.46. The first-order valence-electron chi connectivity index (χ1n) is 6.96. The lowest BCUT2D eigenvalue weighted by atomic mass is 10.0. The zero-order valence-electron chi connectivity index (χ0n) is 12.8. The first kappa shape index (κ1) is 15.1. The monoisotopic (exact) mass is 282 g/mol. The fourth-order valence-electron chi connectivity index (χ4n) is 2.24. The summed E-state index contributed by atoms with van der Waals surface area (Å²) in [7, 11) is 0. The van der Waals surface area contributed by atoms with Crippen molar-refractivity contribution in [2.45, 2.75) is 33.7 Å². The number of nitriles is 1. The van der Waals surface area contributed by atoms with Crippen molar-refractivity contribution in [2.75, 3.05) is 5.32 Å². The van der Waals surface area contributed by atoms with Gasteiger partial charge in [0.15, 0.2) is 0 Å². The van der Waals surface area contributed by atoms with Crippen LogP contribution in [-0.4, -0.2) is 0 Å². The van der Waals surface area contributed by atoms with Gasteiger partial charge in [-0.05, 0) is 56.5 Å². The predicted octanol–water partition coefficient (Wildman–Crippen LogP) is 4.80. The van der Waals surface area contributed by atoms with Gasteiger partial charge in [-0.15, -0.1) is 0 Å². The third kappa shape index (κ3) is 3.22. The maximum Gasteiger partial charge on any atom is 0.129 e. The Morgan fingerprint density at radius 2 is 1.81 bits per heavy atom. The number of nitrogens with one attached hydrogen (secondary N) is 1. The molecule has 1 N–H and O–H groups in total. The molecular formula is C18H19FN2. The van der Waals surface area contributed by atoms with Crippen molar-refractivity contribution in [2.24, 2.45) is 0 Å². The molecule has 0 saturated carbocycles. The van der Waals surface area contributed by atoms with Crippen molar-refractivity contribution in [3.05, 3.63) is 64.0 Å². The van der Waals surface area contributed by atoms with Crippen LogP contribution in [0.4, 0.5) is 10.1 Å². The van der Waals surface area contributed by atoms with Gasteiger partial charge >= 0.3 is 0 Å². The van der Waals surface area contributed by atoms with Crippen LogP contribution in [0.25, 0.3) is 0 Å². The minimum absolute atomic E-state index is 0.0383. The number of benzene rings is 2. The van der Waals surface area contributed by atoms with Crippen LogP contribution >= 0.6 is 0 Å². The molecule has 0 aliphatic rings. The van der Waals surface area contributed by atoms with E-state index in [1.54, 1.807) is 13.0 Å². The lowest BCUT2D eigenvalue weighted by Crippen LogP contribution is -2.09. The maximum atomic E-state index is 13.8. The second kappa shape index (κ2) is 5.97. The normalized spacial score (nSPS) is 11.8. The third-order valence-electron chi connectivity index (χ3n) is 3.88. The summed E-state index contributed by atoms with van der Waals surface area (Å²) in [6.45, 7) is 7.90. The van der Waals surface area contributed by atoms with Crippen LogP contribution in [0.3, 0.4) is 0 Å². The number of halogens is 1. The summed E-state index contributed by atoms with van der Waals surface area (Å²) < 4.78 is 13.8. The lowest BCUT2D eigenvalue weighted by molar-refractivity contribution is 0.618. The van der Waals surface area contributed by atoms with E-state index in [2.05, 4.69) is 37.4 Å². The predicted molar refractivity (Wildman–Crippen MR) is 83.8 cm³/mol. The van der Waals surface area contributed by atoms with Crippen LogP contribution in [0.5, 0.6) is 0 Å². The summed E-state index contributed by atoms with van der Waals surface area (Å²) in [6.07, 6.45) is 0. The van der Waals surface area contributed by atoms with Gasteiger partial charge in [0.05, 0.1) is 11.6 Å². The molecular weight excluding hydrogens is 263 g/mol. The molecule has 108 valence electrons. The number of anilines is 1. The van der Waals surface area contributed by atoms with Crippen molar-refractivity contribution in [3.63, 3.8) is 0 Å². The van der Waals surface area contributed by atoms with Crippen LogP contribution in [0.15, 0.2) is 30.3 Å². The second-order valence-electron chi connectivity index (χ2n) is 5.45. The van der Waals surface area contributed by atoms with Crippen molar-refractivity contribution in [1.82, 2.24) is 0 Å². The molecule has 0 saturated heterocycles. The summed E-state index contributed by atoms with van der Waals surface area (Å²) in [6, 6.07) is 11.3. The number of hydrogen-bond acceptors (Lipinski definition) is 2. The zero-order chi connectivity index (χ0) is 15.6. The van der Waals surface area contributed by atoms with Crippen molar-refractivity contribution in [1.29, 1.82) is 5.26 Å². The number of hydrogen-bond donors (Lipinski definition) is 1. The summed E-state index contributed by atoms with van der Waals surface area (Å²) in [5.74, 6) is -0.358. The molecule has 0 radical (unpaired) electrons. The van der Waals surface area contributed by atoms with Crippen LogP contribution in [-0.2, 0) is 0 Å². The summed E-state index contributed by atoms with van der Waals surface area (Å²) in [4.78, 5) is 0. The third-order valence-corrected chi connectivity index (χ3v) is 3.88. The molecule has 3 heteroatoms. The topological polar surface area (TPSA) is 35.8 Å². The Bertz CT molecular complexity index is 714. The van der Waals surface area contributed by atoms with Gasteiger partial charge in [0.25, 0.3) is 0 Å². The van der Waals surface area contributed by atoms with E-state index in [0.717, 1.165) is 5.56 Å². The fourth-order valence-corrected chi connectivity index (χ4v) is 2.24. The first-order chi connectivity index (χ1) is 9.92. The fraction of sp³-hybridized carbons (Fsp3) is 0.278. The highest BCUT2D eigenvalue weighted by Gasteiger charge is 2.11. The summed E-state index contributed by atoms with van der Waals surface area (Å²) >= 11 is 0. The van der Waals surface area contributed by atoms with Gasteiger partial charge in [-0.1, -0.05) is 18.2 Å². The van der Waals surface area contributed by atoms with E-state index in [9.17, 15) is 4.39 Å². The minimum atomic E-state index is -0.358. The smallest absolute Gasteiger partial charge is 0.129 e. The summed E-state index contributed by atoms with van der Waals surface area (Å²) in [5.41, 5.74) is 5.14. The number of rotatable bonds is 3. The van der Waals surface area contributed by atoms with Crippen molar-refractivity contribution in [3.8, 4) is 6.07 Å². The molecule has 0 aromatic heterocycles. The molecule has 21 heavy (non-hydrogen) atoms. The van der Waals surface area contributed by atoms with Crippen molar-refractivity contribution < 1.29 is 4.39 Å². The van der Waals surface area contributed by atoms with Crippen LogP contribution in [0.2, 0.25) is 0 Å². The van der Waals surface area contributed by atoms with E-state index in [4.69, 9.17) is 5.26 Å². The quantitative estimate of drug-likeness (QED) is 0.878. The Hall–Kier alpha value is -2.34. The first-order valence-corrected chi connectivity index (χ1v) is 6.96.